The Kier molecular flexibility index (Phi) is 7.26. The van der Waals surface area contributed by atoms with Crippen molar-refractivity contribution < 1.29 is 21.6 Å². The molecule has 1 aromatic heterocycles. The van der Waals surface area contributed by atoms with Crippen LogP contribution in [0.2, 0.25) is 0 Å². The molecule has 3 N–H and O–H groups in total. The largest absolute Gasteiger partial charge is 0.516 e. The molecule has 1 heterocycles. The number of alkyl halides is 3. The van der Waals surface area contributed by atoms with Crippen LogP contribution in [0.15, 0.2) is 53.7 Å². The Morgan fingerprint density at radius 2 is 1.94 bits per heavy atom. The number of imidazole rings is 1. The number of hydrogen-bond acceptors (Lipinski definition) is 8. The number of nitriles is 1. The summed E-state index contributed by atoms with van der Waals surface area (Å²) < 4.78 is 64.9. The number of benzene rings is 1. The predicted octanol–water partition coefficient (Wildman–Crippen LogP) is 3.73. The van der Waals surface area contributed by atoms with Crippen LogP contribution < -0.4 is 15.4 Å². The zero-order valence-corrected chi connectivity index (χ0v) is 17.7. The summed E-state index contributed by atoms with van der Waals surface area (Å²) in [4.78, 5) is 5.53. The minimum Gasteiger partial charge on any atom is -0.381 e. The monoisotopic (exact) mass is 468 g/mol. The zero-order valence-electron chi connectivity index (χ0n) is 16.8. The summed E-state index contributed by atoms with van der Waals surface area (Å²) in [6.45, 7) is 7.87. The number of sulfonamides is 1. The number of halogens is 3. The van der Waals surface area contributed by atoms with E-state index in [0.717, 1.165) is 0 Å². The molecule has 0 aliphatic carbocycles. The van der Waals surface area contributed by atoms with Gasteiger partial charge in [-0.15, -0.1) is 23.4 Å². The number of nitrogen functional groups attached to an aromatic ring is 1. The van der Waals surface area contributed by atoms with Gasteiger partial charge >= 0.3 is 15.5 Å². The van der Waals surface area contributed by atoms with E-state index >= 15 is 0 Å². The van der Waals surface area contributed by atoms with Gasteiger partial charge in [0, 0.05) is 25.8 Å². The Morgan fingerprint density at radius 1 is 1.31 bits per heavy atom. The van der Waals surface area contributed by atoms with Crippen molar-refractivity contribution in [3.63, 3.8) is 0 Å². The van der Waals surface area contributed by atoms with E-state index in [9.17, 15) is 21.6 Å². The van der Waals surface area contributed by atoms with Crippen LogP contribution in [0.3, 0.4) is 0 Å². The molecule has 0 bridgehead atoms. The lowest BCUT2D eigenvalue weighted by Crippen LogP contribution is -2.30. The molecule has 10 nitrogen and oxygen atoms in total. The summed E-state index contributed by atoms with van der Waals surface area (Å²) in [6, 6.07) is 5.79. The van der Waals surface area contributed by atoms with Crippen molar-refractivity contribution in [2.24, 2.45) is 17.3 Å². The fourth-order valence-electron chi connectivity index (χ4n) is 2.52. The maximum absolute atomic E-state index is 12.9. The van der Waals surface area contributed by atoms with Crippen LogP contribution in [-0.2, 0) is 17.1 Å². The van der Waals surface area contributed by atoms with Gasteiger partial charge in [-0.3, -0.25) is 4.72 Å². The van der Waals surface area contributed by atoms with Crippen LogP contribution >= 0.6 is 0 Å². The fraction of sp³-hybridized carbons (Fsp3) is 0.222. The van der Waals surface area contributed by atoms with Crippen molar-refractivity contribution in [1.82, 2.24) is 9.55 Å². The number of rotatable bonds is 9. The number of aromatic nitrogens is 2. The van der Waals surface area contributed by atoms with E-state index in [-0.39, 0.29) is 23.1 Å². The molecule has 170 valence electrons. The van der Waals surface area contributed by atoms with E-state index in [1.807, 2.05) is 6.07 Å². The number of anilines is 3. The van der Waals surface area contributed by atoms with Gasteiger partial charge in [0.2, 0.25) is 0 Å². The Hall–Kier alpha value is -3.86. The van der Waals surface area contributed by atoms with Gasteiger partial charge in [0.1, 0.15) is 11.8 Å². The van der Waals surface area contributed by atoms with E-state index in [1.165, 1.54) is 34.5 Å². The molecule has 0 aliphatic heterocycles. The Balaban J connectivity index is 2.57. The number of azo groups is 1. The first-order valence-corrected chi connectivity index (χ1v) is 10.3. The van der Waals surface area contributed by atoms with E-state index < -0.39 is 21.2 Å². The van der Waals surface area contributed by atoms with Gasteiger partial charge in [-0.25, -0.2) is 0 Å². The van der Waals surface area contributed by atoms with Crippen LogP contribution in [0.25, 0.3) is 0 Å². The number of nitrogens with zero attached hydrogens (tertiary/aromatic N) is 6. The van der Waals surface area contributed by atoms with Gasteiger partial charge in [0.15, 0.2) is 11.5 Å². The highest BCUT2D eigenvalue weighted by molar-refractivity contribution is 7.93. The molecule has 0 amide bonds. The van der Waals surface area contributed by atoms with Gasteiger partial charge in [-0.1, -0.05) is 12.2 Å². The molecule has 14 heteroatoms. The summed E-state index contributed by atoms with van der Waals surface area (Å²) in [6.07, 6.45) is 3.13. The molecule has 0 unspecified atom stereocenters. The second kappa shape index (κ2) is 9.52. The Labute approximate surface area is 182 Å². The lowest BCUT2D eigenvalue weighted by molar-refractivity contribution is -0.0429. The van der Waals surface area contributed by atoms with Gasteiger partial charge in [0.25, 0.3) is 5.95 Å². The average molecular weight is 468 g/mol. The molecule has 0 spiro atoms. The molecule has 0 fully saturated rings. The van der Waals surface area contributed by atoms with E-state index in [1.54, 1.807) is 17.1 Å². The van der Waals surface area contributed by atoms with Gasteiger partial charge in [-0.05, 0) is 18.2 Å². The molecule has 0 saturated carbocycles. The van der Waals surface area contributed by atoms with E-state index in [4.69, 9.17) is 11.0 Å². The number of hydrogen-bond donors (Lipinski definition) is 2. The molecule has 2 aromatic rings. The minimum atomic E-state index is -5.73. The third kappa shape index (κ3) is 5.24. The highest BCUT2D eigenvalue weighted by Gasteiger charge is 2.46. The van der Waals surface area contributed by atoms with Crippen LogP contribution in [0, 0.1) is 11.3 Å². The standard InChI is InChI=1S/C18H19F3N8O2S/c1-4-8-29(9-5-2)12-6-7-13(14(10-12)27-32(30,31)18(19,20)21)25-26-17-24-16(23)15(11-22)28(17)3/h4-7,10,27H,1-2,8-9,23H2,3H3. The summed E-state index contributed by atoms with van der Waals surface area (Å²) in [5.41, 5.74) is -0.243. The summed E-state index contributed by atoms with van der Waals surface area (Å²) in [5, 5.41) is 16.6. The molecule has 32 heavy (non-hydrogen) atoms. The second-order valence-corrected chi connectivity index (χ2v) is 7.93. The topological polar surface area (TPSA) is 142 Å². The normalized spacial score (nSPS) is 11.8. The SMILES string of the molecule is C=CCN(CC=C)c1ccc(N=Nc2nc(N)c(C#N)n2C)c(NS(=O)(=O)C(F)(F)F)c1. The maximum Gasteiger partial charge on any atom is 0.516 e. The average Bonchev–Trinajstić information content (AvgIpc) is 2.98. The molecule has 0 saturated heterocycles. The van der Waals surface area contributed by atoms with E-state index in [2.05, 4.69) is 28.4 Å². The third-order valence-corrected chi connectivity index (χ3v) is 5.14. The third-order valence-electron chi connectivity index (χ3n) is 4.04. The molecule has 0 radical (unpaired) electrons. The first-order valence-electron chi connectivity index (χ1n) is 8.79. The van der Waals surface area contributed by atoms with Crippen molar-refractivity contribution in [3.8, 4) is 6.07 Å². The van der Waals surface area contributed by atoms with Gasteiger partial charge in [-0.2, -0.15) is 31.8 Å². The highest BCUT2D eigenvalue weighted by atomic mass is 32.2. The maximum atomic E-state index is 12.9. The summed E-state index contributed by atoms with van der Waals surface area (Å²) in [5.74, 6) is -0.213. The second-order valence-electron chi connectivity index (χ2n) is 6.25. The smallest absolute Gasteiger partial charge is 0.381 e. The molecule has 1 aromatic carbocycles. The first-order chi connectivity index (χ1) is 14.9. The fourth-order valence-corrected chi connectivity index (χ4v) is 3.09. The summed E-state index contributed by atoms with van der Waals surface area (Å²) >= 11 is 0. The van der Waals surface area contributed by atoms with Crippen LogP contribution in [0.4, 0.5) is 42.0 Å². The highest BCUT2D eigenvalue weighted by Crippen LogP contribution is 2.35. The lowest BCUT2D eigenvalue weighted by atomic mass is 10.2. The van der Waals surface area contributed by atoms with Crippen molar-refractivity contribution in [2.75, 3.05) is 28.4 Å². The molecule has 2 rings (SSSR count). The van der Waals surface area contributed by atoms with Gasteiger partial charge in [0.05, 0.1) is 5.69 Å². The zero-order chi connectivity index (χ0) is 24.1. The first kappa shape index (κ1) is 24.4. The summed E-state index contributed by atoms with van der Waals surface area (Å²) in [7, 11) is -4.29. The van der Waals surface area contributed by atoms with E-state index in [0.29, 0.717) is 18.8 Å². The number of nitrogens with two attached hydrogens (primary N) is 1. The molecular formula is C18H19F3N8O2S. The predicted molar refractivity (Wildman–Crippen MR) is 114 cm³/mol. The molecule has 0 atom stereocenters. The lowest BCUT2D eigenvalue weighted by Gasteiger charge is -2.23. The van der Waals surface area contributed by atoms with Crippen molar-refractivity contribution >= 4 is 38.9 Å². The molecular weight excluding hydrogens is 449 g/mol. The van der Waals surface area contributed by atoms with Crippen molar-refractivity contribution in [2.45, 2.75) is 5.51 Å². The van der Waals surface area contributed by atoms with Crippen molar-refractivity contribution in [3.05, 3.63) is 49.2 Å². The van der Waals surface area contributed by atoms with Crippen LogP contribution in [0.1, 0.15) is 5.69 Å². The Morgan fingerprint density at radius 3 is 2.44 bits per heavy atom. The van der Waals surface area contributed by atoms with Gasteiger partial charge < -0.3 is 15.2 Å². The quantitative estimate of drug-likeness (QED) is 0.424. The van der Waals surface area contributed by atoms with Crippen molar-refractivity contribution in [1.29, 1.82) is 5.26 Å². The number of nitrogens with one attached hydrogen (secondary N) is 1. The molecule has 0 aliphatic rings. The minimum absolute atomic E-state index is 0.0109. The van der Waals surface area contributed by atoms with Crippen LogP contribution in [-0.4, -0.2) is 36.6 Å². The van der Waals surface area contributed by atoms with Crippen LogP contribution in [0.5, 0.6) is 0 Å². The Bertz CT molecular complexity index is 1190.